The molecule has 2 nitrogen and oxygen atoms in total. The summed E-state index contributed by atoms with van der Waals surface area (Å²) in [5.41, 5.74) is 5.06. The normalized spacial score (nSPS) is 36.3. The summed E-state index contributed by atoms with van der Waals surface area (Å²) in [5, 5.41) is 0.239. The van der Waals surface area contributed by atoms with Crippen molar-refractivity contribution >= 4 is 21.9 Å². The topological polar surface area (TPSA) is 26.3 Å². The van der Waals surface area contributed by atoms with Crippen LogP contribution in [0.1, 0.15) is 69.1 Å². The van der Waals surface area contributed by atoms with E-state index < -0.39 is 0 Å². The third-order valence-electron chi connectivity index (χ3n) is 7.75. The molecule has 1 aromatic rings. The molecule has 0 aromatic heterocycles. The van der Waals surface area contributed by atoms with Crippen LogP contribution in [0.3, 0.4) is 0 Å². The van der Waals surface area contributed by atoms with Gasteiger partial charge in [-0.25, -0.2) is 0 Å². The molecule has 0 aliphatic heterocycles. The van der Waals surface area contributed by atoms with E-state index in [9.17, 15) is 4.79 Å². The van der Waals surface area contributed by atoms with Crippen molar-refractivity contribution in [1.29, 1.82) is 0 Å². The predicted molar refractivity (Wildman–Crippen MR) is 104 cm³/mol. The highest BCUT2D eigenvalue weighted by atomic mass is 79.9. The number of alkyl halides is 1. The largest absolute Gasteiger partial charge is 0.426 e. The van der Waals surface area contributed by atoms with Gasteiger partial charge in [-0.1, -0.05) is 42.6 Å². The van der Waals surface area contributed by atoms with Gasteiger partial charge in [0.1, 0.15) is 11.1 Å². The maximum absolute atomic E-state index is 11.7. The van der Waals surface area contributed by atoms with E-state index >= 15 is 0 Å². The Kier molecular flexibility index (Phi) is 4.30. The lowest BCUT2D eigenvalue weighted by atomic mass is 9.48. The number of hydrogen-bond donors (Lipinski definition) is 0. The van der Waals surface area contributed by atoms with E-state index in [2.05, 4.69) is 48.8 Å². The lowest BCUT2D eigenvalue weighted by molar-refractivity contribution is -0.131. The Morgan fingerprint density at radius 3 is 2.80 bits per heavy atom. The van der Waals surface area contributed by atoms with E-state index in [4.69, 9.17) is 4.74 Å². The molecule has 0 spiro atoms. The number of carbonyl (C=O) groups excluding carboxylic acids is 1. The zero-order valence-corrected chi connectivity index (χ0v) is 17.2. The molecular formula is C22H29BrO2. The van der Waals surface area contributed by atoms with Gasteiger partial charge >= 0.3 is 5.97 Å². The Labute approximate surface area is 159 Å². The molecule has 0 heterocycles. The molecule has 25 heavy (non-hydrogen) atoms. The van der Waals surface area contributed by atoms with Gasteiger partial charge in [0.2, 0.25) is 0 Å². The van der Waals surface area contributed by atoms with Gasteiger partial charge in [-0.05, 0) is 90.5 Å². The van der Waals surface area contributed by atoms with Crippen LogP contribution >= 0.6 is 15.9 Å². The van der Waals surface area contributed by atoms with Crippen LogP contribution < -0.4 is 4.74 Å². The van der Waals surface area contributed by atoms with Crippen LogP contribution in [0.4, 0.5) is 0 Å². The van der Waals surface area contributed by atoms with Crippen LogP contribution in [0.5, 0.6) is 5.75 Å². The van der Waals surface area contributed by atoms with Gasteiger partial charge in [-0.15, -0.1) is 0 Å². The summed E-state index contributed by atoms with van der Waals surface area (Å²) in [5.74, 6) is 2.13. The van der Waals surface area contributed by atoms with Crippen molar-refractivity contribution in [3.05, 3.63) is 28.8 Å². The number of halogens is 1. The average molecular weight is 405 g/mol. The molecule has 0 N–H and O–H groups in total. The second kappa shape index (κ2) is 6.11. The Balaban J connectivity index is 1.74. The van der Waals surface area contributed by atoms with Crippen molar-refractivity contribution in [3.63, 3.8) is 0 Å². The Morgan fingerprint density at radius 2 is 2.04 bits per heavy atom. The standard InChI is InChI=1S/C22H29BrO2/c1-14-10-17(25-19(24)13-23)11-15-12-18-21(2)8-5-4-6-16(21)7-9-22(18,3)20(14)15/h10-11,16,18H,4-9,12-13H2,1-3H3/t16-,18-,21+,22-/m1/s1. The van der Waals surface area contributed by atoms with Gasteiger partial charge in [0.25, 0.3) is 0 Å². The number of aryl methyl sites for hydroxylation is 1. The van der Waals surface area contributed by atoms with Crippen molar-refractivity contribution < 1.29 is 9.53 Å². The molecule has 0 unspecified atom stereocenters. The van der Waals surface area contributed by atoms with Gasteiger partial charge < -0.3 is 4.74 Å². The number of benzene rings is 1. The number of esters is 1. The summed E-state index contributed by atoms with van der Waals surface area (Å²) in [6.07, 6.45) is 9.46. The number of ether oxygens (including phenoxy) is 1. The first kappa shape index (κ1) is 17.6. The first-order valence-electron chi connectivity index (χ1n) is 9.79. The van der Waals surface area contributed by atoms with Crippen LogP contribution in [0.25, 0.3) is 0 Å². The van der Waals surface area contributed by atoms with Gasteiger partial charge in [0.05, 0.1) is 0 Å². The third-order valence-corrected chi connectivity index (χ3v) is 8.21. The number of rotatable bonds is 2. The molecule has 0 saturated heterocycles. The maximum atomic E-state index is 11.7. The van der Waals surface area contributed by atoms with Crippen LogP contribution in [0.2, 0.25) is 0 Å². The lowest BCUT2D eigenvalue weighted by Crippen LogP contribution is -2.50. The molecule has 2 saturated carbocycles. The summed E-state index contributed by atoms with van der Waals surface area (Å²) < 4.78 is 5.50. The van der Waals surface area contributed by atoms with Crippen LogP contribution in [0, 0.1) is 24.2 Å². The highest BCUT2D eigenvalue weighted by Gasteiger charge is 2.57. The first-order chi connectivity index (χ1) is 11.9. The smallest absolute Gasteiger partial charge is 0.321 e. The van der Waals surface area contributed by atoms with Crippen LogP contribution in [-0.2, 0) is 16.6 Å². The van der Waals surface area contributed by atoms with E-state index in [1.54, 1.807) is 5.56 Å². The Bertz CT molecular complexity index is 712. The van der Waals surface area contributed by atoms with Gasteiger partial charge in [-0.2, -0.15) is 0 Å². The minimum absolute atomic E-state index is 0.222. The molecule has 0 bridgehead atoms. The fourth-order valence-corrected chi connectivity index (χ4v) is 6.85. The minimum Gasteiger partial charge on any atom is -0.426 e. The second-order valence-corrected chi connectivity index (χ2v) is 9.60. The van der Waals surface area contributed by atoms with Crippen LogP contribution in [0.15, 0.2) is 12.1 Å². The fraction of sp³-hybridized carbons (Fsp3) is 0.682. The fourth-order valence-electron chi connectivity index (χ4n) is 6.74. The van der Waals surface area contributed by atoms with Crippen molar-refractivity contribution in [2.45, 2.75) is 71.1 Å². The summed E-state index contributed by atoms with van der Waals surface area (Å²) in [4.78, 5) is 11.7. The first-order valence-corrected chi connectivity index (χ1v) is 10.9. The summed E-state index contributed by atoms with van der Waals surface area (Å²) in [7, 11) is 0. The molecule has 4 atom stereocenters. The molecule has 3 aliphatic rings. The zero-order valence-electron chi connectivity index (χ0n) is 15.7. The summed E-state index contributed by atoms with van der Waals surface area (Å²) in [6.45, 7) is 7.29. The molecule has 3 aliphatic carbocycles. The molecule has 4 rings (SSSR count). The summed E-state index contributed by atoms with van der Waals surface area (Å²) in [6, 6.07) is 4.22. The third kappa shape index (κ3) is 2.60. The highest BCUT2D eigenvalue weighted by molar-refractivity contribution is 9.09. The SMILES string of the molecule is Cc1cc(OC(=O)CBr)cc2c1[C@]1(C)CC[C@H]3CCCC[C@]3(C)[C@H]1C2. The van der Waals surface area contributed by atoms with E-state index in [1.807, 2.05) is 0 Å². The van der Waals surface area contributed by atoms with E-state index in [1.165, 1.54) is 49.7 Å². The van der Waals surface area contributed by atoms with Crippen molar-refractivity contribution in [3.8, 4) is 5.75 Å². The number of fused-ring (bicyclic) bond motifs is 5. The predicted octanol–water partition coefficient (Wildman–Crippen LogP) is 5.72. The molecular weight excluding hydrogens is 376 g/mol. The highest BCUT2D eigenvalue weighted by Crippen LogP contribution is 2.64. The maximum Gasteiger partial charge on any atom is 0.321 e. The lowest BCUT2D eigenvalue weighted by Gasteiger charge is -2.56. The molecule has 0 radical (unpaired) electrons. The summed E-state index contributed by atoms with van der Waals surface area (Å²) >= 11 is 3.18. The van der Waals surface area contributed by atoms with Gasteiger partial charge in [0.15, 0.2) is 0 Å². The quantitative estimate of drug-likeness (QED) is 0.358. The average Bonchev–Trinajstić information content (AvgIpc) is 2.88. The van der Waals surface area contributed by atoms with Gasteiger partial charge in [0, 0.05) is 0 Å². The minimum atomic E-state index is -0.222. The molecule has 3 heteroatoms. The van der Waals surface area contributed by atoms with E-state index in [-0.39, 0.29) is 11.3 Å². The zero-order chi connectivity index (χ0) is 17.8. The second-order valence-electron chi connectivity index (χ2n) is 9.04. The van der Waals surface area contributed by atoms with Crippen molar-refractivity contribution in [1.82, 2.24) is 0 Å². The molecule has 2 fully saturated rings. The Morgan fingerprint density at radius 1 is 1.24 bits per heavy atom. The van der Waals surface area contributed by atoms with Crippen molar-refractivity contribution in [2.24, 2.45) is 17.3 Å². The van der Waals surface area contributed by atoms with Crippen molar-refractivity contribution in [2.75, 3.05) is 5.33 Å². The molecule has 1 aromatic carbocycles. The number of hydrogen-bond acceptors (Lipinski definition) is 2. The Hall–Kier alpha value is -0.830. The molecule has 136 valence electrons. The van der Waals surface area contributed by atoms with E-state index in [0.717, 1.165) is 18.3 Å². The van der Waals surface area contributed by atoms with Gasteiger partial charge in [-0.3, -0.25) is 4.79 Å². The van der Waals surface area contributed by atoms with E-state index in [0.29, 0.717) is 16.6 Å². The number of carbonyl (C=O) groups is 1. The molecule has 0 amide bonds. The monoisotopic (exact) mass is 404 g/mol. The van der Waals surface area contributed by atoms with Crippen LogP contribution in [-0.4, -0.2) is 11.3 Å².